The van der Waals surface area contributed by atoms with E-state index >= 15 is 0 Å². The summed E-state index contributed by atoms with van der Waals surface area (Å²) in [6, 6.07) is 8.10. The topological polar surface area (TPSA) is 67.1 Å². The standard InChI is InChI=1S/C27H48N2O3Si2/c1-26(2,3)33(7,8)31-18-15-21(16-19-32-34(9,10)27(4,5)6)25(23-12-11-17-28-23)24-14-13-22(20-30)29-24/h11-14,17,20-21,25,28-29H,15-16,18-19H2,1-10H3. The Hall–Kier alpha value is -1.42. The van der Waals surface area contributed by atoms with Crippen molar-refractivity contribution in [1.29, 1.82) is 0 Å². The van der Waals surface area contributed by atoms with Crippen LogP contribution < -0.4 is 0 Å². The number of rotatable bonds is 12. The van der Waals surface area contributed by atoms with Crippen LogP contribution in [-0.4, -0.2) is 46.1 Å². The largest absolute Gasteiger partial charge is 0.417 e. The fourth-order valence-electron chi connectivity index (χ4n) is 3.73. The van der Waals surface area contributed by atoms with E-state index < -0.39 is 16.6 Å². The van der Waals surface area contributed by atoms with E-state index in [1.54, 1.807) is 0 Å². The highest BCUT2D eigenvalue weighted by Crippen LogP contribution is 2.40. The van der Waals surface area contributed by atoms with Crippen molar-refractivity contribution >= 4 is 22.9 Å². The lowest BCUT2D eigenvalue weighted by atomic mass is 9.82. The van der Waals surface area contributed by atoms with Crippen LogP contribution in [0.1, 0.15) is 82.2 Å². The van der Waals surface area contributed by atoms with E-state index in [-0.39, 0.29) is 16.0 Å². The Morgan fingerprint density at radius 1 is 0.853 bits per heavy atom. The third-order valence-electron chi connectivity index (χ3n) is 8.14. The van der Waals surface area contributed by atoms with Gasteiger partial charge in [-0.1, -0.05) is 41.5 Å². The molecule has 2 aromatic heterocycles. The SMILES string of the molecule is CC(C)(C)[Si](C)(C)OCCC(CCO[Si](C)(C)C(C)(C)C)C(c1ccc[nH]1)c1ccc(C=O)[nH]1. The summed E-state index contributed by atoms with van der Waals surface area (Å²) in [5.41, 5.74) is 2.83. The maximum absolute atomic E-state index is 11.4. The zero-order valence-corrected chi connectivity index (χ0v) is 25.2. The van der Waals surface area contributed by atoms with Crippen LogP contribution in [0.25, 0.3) is 0 Å². The summed E-state index contributed by atoms with van der Waals surface area (Å²) < 4.78 is 13.2. The molecule has 0 saturated heterocycles. The molecule has 0 aliphatic heterocycles. The van der Waals surface area contributed by atoms with E-state index in [1.165, 1.54) is 0 Å². The van der Waals surface area contributed by atoms with Crippen molar-refractivity contribution in [3.63, 3.8) is 0 Å². The molecule has 192 valence electrons. The molecule has 1 unspecified atom stereocenters. The highest BCUT2D eigenvalue weighted by molar-refractivity contribution is 6.74. The molecule has 7 heteroatoms. The van der Waals surface area contributed by atoms with Gasteiger partial charge in [0.1, 0.15) is 0 Å². The molecule has 0 fully saturated rings. The van der Waals surface area contributed by atoms with Gasteiger partial charge in [0, 0.05) is 36.7 Å². The van der Waals surface area contributed by atoms with E-state index in [0.717, 1.165) is 43.7 Å². The number of H-pyrrole nitrogens is 2. The summed E-state index contributed by atoms with van der Waals surface area (Å²) in [4.78, 5) is 18.2. The predicted octanol–water partition coefficient (Wildman–Crippen LogP) is 7.73. The molecular formula is C27H48N2O3Si2. The van der Waals surface area contributed by atoms with Crippen molar-refractivity contribution in [1.82, 2.24) is 9.97 Å². The molecule has 1 atom stereocenters. The van der Waals surface area contributed by atoms with Gasteiger partial charge in [-0.2, -0.15) is 0 Å². The quantitative estimate of drug-likeness (QED) is 0.229. The number of hydrogen-bond acceptors (Lipinski definition) is 3. The Bertz CT molecular complexity index is 858. The minimum atomic E-state index is -1.83. The second-order valence-corrected chi connectivity index (χ2v) is 22.3. The fraction of sp³-hybridized carbons (Fsp3) is 0.667. The Kier molecular flexibility index (Phi) is 9.41. The van der Waals surface area contributed by atoms with Gasteiger partial charge in [0.15, 0.2) is 22.9 Å². The molecule has 0 amide bonds. The van der Waals surface area contributed by atoms with Gasteiger partial charge in [-0.3, -0.25) is 4.79 Å². The fourth-order valence-corrected chi connectivity index (χ4v) is 5.86. The normalized spacial score (nSPS) is 14.6. The van der Waals surface area contributed by atoms with E-state index in [1.807, 2.05) is 24.4 Å². The molecule has 0 aromatic carbocycles. The first-order valence-electron chi connectivity index (χ1n) is 12.6. The van der Waals surface area contributed by atoms with Crippen molar-refractivity contribution in [2.45, 2.75) is 96.6 Å². The number of nitrogens with one attached hydrogen (secondary N) is 2. The van der Waals surface area contributed by atoms with Crippen LogP contribution in [0, 0.1) is 5.92 Å². The van der Waals surface area contributed by atoms with Gasteiger partial charge >= 0.3 is 0 Å². The Balaban J connectivity index is 2.28. The van der Waals surface area contributed by atoms with Gasteiger partial charge in [0.25, 0.3) is 0 Å². The first kappa shape index (κ1) is 28.8. The smallest absolute Gasteiger partial charge is 0.191 e. The third-order valence-corrected chi connectivity index (χ3v) is 17.2. The zero-order chi connectivity index (χ0) is 25.8. The molecule has 2 rings (SSSR count). The summed E-state index contributed by atoms with van der Waals surface area (Å²) in [6.07, 6.45) is 4.73. The third kappa shape index (κ3) is 7.29. The number of carbonyl (C=O) groups is 1. The Morgan fingerprint density at radius 2 is 1.38 bits per heavy atom. The number of carbonyl (C=O) groups excluding carboxylic acids is 1. The summed E-state index contributed by atoms with van der Waals surface area (Å²) in [5.74, 6) is 0.432. The second-order valence-electron chi connectivity index (χ2n) is 12.6. The molecule has 2 N–H and O–H groups in total. The van der Waals surface area contributed by atoms with Crippen LogP contribution in [-0.2, 0) is 8.85 Å². The Labute approximate surface area is 209 Å². The Morgan fingerprint density at radius 3 is 1.76 bits per heavy atom. The summed E-state index contributed by atoms with van der Waals surface area (Å²) in [7, 11) is -3.65. The van der Waals surface area contributed by atoms with Crippen LogP contribution in [0.4, 0.5) is 0 Å². The molecule has 5 nitrogen and oxygen atoms in total. The summed E-state index contributed by atoms with van der Waals surface area (Å²) in [6.45, 7) is 24.4. The molecule has 0 bridgehead atoms. The number of hydrogen-bond donors (Lipinski definition) is 2. The van der Waals surface area contributed by atoms with Crippen LogP contribution >= 0.6 is 0 Å². The molecule has 2 aromatic rings. The van der Waals surface area contributed by atoms with Crippen LogP contribution in [0.3, 0.4) is 0 Å². The van der Waals surface area contributed by atoms with Gasteiger partial charge in [0.2, 0.25) is 0 Å². The van der Waals surface area contributed by atoms with Crippen LogP contribution in [0.15, 0.2) is 30.5 Å². The first-order chi connectivity index (χ1) is 15.6. The average molecular weight is 505 g/mol. The minimum absolute atomic E-state index is 0.120. The molecule has 2 heterocycles. The number of aldehydes is 1. The van der Waals surface area contributed by atoms with E-state index in [2.05, 4.69) is 83.8 Å². The average Bonchev–Trinajstić information content (AvgIpc) is 3.38. The molecule has 0 saturated carbocycles. The van der Waals surface area contributed by atoms with Crippen molar-refractivity contribution in [2.24, 2.45) is 5.92 Å². The van der Waals surface area contributed by atoms with E-state index in [9.17, 15) is 4.79 Å². The lowest BCUT2D eigenvalue weighted by Gasteiger charge is -2.38. The molecular weight excluding hydrogens is 456 g/mol. The van der Waals surface area contributed by atoms with Gasteiger partial charge in [-0.15, -0.1) is 0 Å². The highest BCUT2D eigenvalue weighted by atomic mass is 28.4. The summed E-state index contributed by atoms with van der Waals surface area (Å²) >= 11 is 0. The van der Waals surface area contributed by atoms with Gasteiger partial charge in [-0.05, 0) is 79.3 Å². The van der Waals surface area contributed by atoms with Crippen molar-refractivity contribution < 1.29 is 13.6 Å². The predicted molar refractivity (Wildman–Crippen MR) is 148 cm³/mol. The zero-order valence-electron chi connectivity index (χ0n) is 23.2. The summed E-state index contributed by atoms with van der Waals surface area (Å²) in [5, 5.41) is 0.371. The van der Waals surface area contributed by atoms with Gasteiger partial charge in [-0.25, -0.2) is 0 Å². The molecule has 34 heavy (non-hydrogen) atoms. The monoisotopic (exact) mass is 504 g/mol. The lowest BCUT2D eigenvalue weighted by Crippen LogP contribution is -2.42. The lowest BCUT2D eigenvalue weighted by molar-refractivity contribution is 0.111. The molecule has 0 spiro atoms. The van der Waals surface area contributed by atoms with Crippen LogP contribution in [0.2, 0.25) is 36.3 Å². The maximum Gasteiger partial charge on any atom is 0.191 e. The van der Waals surface area contributed by atoms with Crippen LogP contribution in [0.5, 0.6) is 0 Å². The van der Waals surface area contributed by atoms with Crippen molar-refractivity contribution in [3.8, 4) is 0 Å². The number of aromatic nitrogens is 2. The highest BCUT2D eigenvalue weighted by Gasteiger charge is 2.39. The number of aromatic amines is 2. The second kappa shape index (κ2) is 11.1. The van der Waals surface area contributed by atoms with Crippen molar-refractivity contribution in [2.75, 3.05) is 13.2 Å². The van der Waals surface area contributed by atoms with Gasteiger partial charge in [0.05, 0.1) is 5.69 Å². The molecule has 0 radical (unpaired) electrons. The van der Waals surface area contributed by atoms with E-state index in [4.69, 9.17) is 8.85 Å². The van der Waals surface area contributed by atoms with Crippen molar-refractivity contribution in [3.05, 3.63) is 47.5 Å². The minimum Gasteiger partial charge on any atom is -0.417 e. The van der Waals surface area contributed by atoms with Gasteiger partial charge < -0.3 is 18.8 Å². The first-order valence-corrected chi connectivity index (χ1v) is 18.5. The molecule has 0 aliphatic rings. The maximum atomic E-state index is 11.4. The molecule has 0 aliphatic carbocycles. The van der Waals surface area contributed by atoms with E-state index in [0.29, 0.717) is 11.6 Å².